The van der Waals surface area contributed by atoms with E-state index in [4.69, 9.17) is 4.74 Å². The van der Waals surface area contributed by atoms with E-state index in [2.05, 4.69) is 10.2 Å². The van der Waals surface area contributed by atoms with Crippen LogP contribution in [0.1, 0.15) is 12.0 Å². The van der Waals surface area contributed by atoms with Gasteiger partial charge in [-0.1, -0.05) is 30.3 Å². The van der Waals surface area contributed by atoms with Gasteiger partial charge in [0.15, 0.2) is 0 Å². The molecular weight excluding hydrogens is 306 g/mol. The minimum absolute atomic E-state index is 0.00725. The molecule has 0 aromatic heterocycles. The first kappa shape index (κ1) is 16.9. The smallest absolute Gasteiger partial charge is 0.225 e. The van der Waals surface area contributed by atoms with Gasteiger partial charge in [0.05, 0.1) is 19.1 Å². The van der Waals surface area contributed by atoms with Gasteiger partial charge >= 0.3 is 0 Å². The van der Waals surface area contributed by atoms with Crippen LogP contribution in [0.3, 0.4) is 0 Å². The molecule has 6 nitrogen and oxygen atoms in total. The Morgan fingerprint density at radius 2 is 1.96 bits per heavy atom. The van der Waals surface area contributed by atoms with Crippen LogP contribution >= 0.6 is 0 Å². The Bertz CT molecular complexity index is 558. The summed E-state index contributed by atoms with van der Waals surface area (Å²) in [4.78, 5) is 28.5. The number of carbonyl (C=O) groups excluding carboxylic acids is 2. The van der Waals surface area contributed by atoms with Crippen LogP contribution in [0.5, 0.6) is 0 Å². The van der Waals surface area contributed by atoms with Crippen molar-refractivity contribution in [1.82, 2.24) is 15.1 Å². The molecule has 130 valence electrons. The van der Waals surface area contributed by atoms with Crippen molar-refractivity contribution in [2.75, 3.05) is 45.9 Å². The van der Waals surface area contributed by atoms with Crippen molar-refractivity contribution in [3.63, 3.8) is 0 Å². The summed E-state index contributed by atoms with van der Waals surface area (Å²) in [5, 5.41) is 2.98. The van der Waals surface area contributed by atoms with Gasteiger partial charge in [-0.3, -0.25) is 14.5 Å². The molecule has 2 saturated heterocycles. The van der Waals surface area contributed by atoms with Gasteiger partial charge in [0.1, 0.15) is 0 Å². The summed E-state index contributed by atoms with van der Waals surface area (Å²) < 4.78 is 5.31. The molecule has 3 rings (SSSR count). The molecule has 2 aliphatic heterocycles. The first-order valence-electron chi connectivity index (χ1n) is 8.62. The van der Waals surface area contributed by atoms with Crippen molar-refractivity contribution < 1.29 is 14.3 Å². The lowest BCUT2D eigenvalue weighted by molar-refractivity contribution is -0.129. The lowest BCUT2D eigenvalue weighted by atomic mass is 10.1. The molecule has 2 aliphatic rings. The number of nitrogens with one attached hydrogen (secondary N) is 1. The predicted octanol–water partition coefficient (Wildman–Crippen LogP) is 0.484. The van der Waals surface area contributed by atoms with Gasteiger partial charge in [0.2, 0.25) is 11.8 Å². The summed E-state index contributed by atoms with van der Waals surface area (Å²) in [5.74, 6) is -0.176. The van der Waals surface area contributed by atoms with E-state index in [9.17, 15) is 9.59 Å². The molecule has 0 spiro atoms. The number of hydrogen-bond donors (Lipinski definition) is 1. The molecule has 0 aliphatic carbocycles. The van der Waals surface area contributed by atoms with Crippen molar-refractivity contribution in [2.24, 2.45) is 5.92 Å². The first-order chi connectivity index (χ1) is 11.7. The van der Waals surface area contributed by atoms with E-state index in [0.29, 0.717) is 26.1 Å². The zero-order valence-corrected chi connectivity index (χ0v) is 13.9. The summed E-state index contributed by atoms with van der Waals surface area (Å²) in [6.45, 7) is 5.92. The zero-order chi connectivity index (χ0) is 16.8. The highest BCUT2D eigenvalue weighted by molar-refractivity contribution is 5.89. The topological polar surface area (TPSA) is 61.9 Å². The maximum Gasteiger partial charge on any atom is 0.225 e. The van der Waals surface area contributed by atoms with E-state index in [1.54, 1.807) is 4.90 Å². The van der Waals surface area contributed by atoms with Crippen molar-refractivity contribution >= 4 is 11.8 Å². The molecule has 1 atom stereocenters. The highest BCUT2D eigenvalue weighted by Crippen LogP contribution is 2.20. The molecule has 24 heavy (non-hydrogen) atoms. The van der Waals surface area contributed by atoms with Crippen molar-refractivity contribution in [3.05, 3.63) is 35.9 Å². The van der Waals surface area contributed by atoms with Crippen LogP contribution in [0.2, 0.25) is 0 Å². The molecule has 1 aromatic rings. The number of benzene rings is 1. The highest BCUT2D eigenvalue weighted by Gasteiger charge is 2.34. The standard InChI is InChI=1S/C18H25N3O3/c22-17-12-16(14-21(17)13-15-4-2-1-3-5-15)18(23)19-6-7-20-8-10-24-11-9-20/h1-5,16H,6-14H2,(H,19,23)/t16-/m1/s1. The average Bonchev–Trinajstić information content (AvgIpc) is 2.97. The van der Waals surface area contributed by atoms with Gasteiger partial charge < -0.3 is 15.0 Å². The largest absolute Gasteiger partial charge is 0.379 e. The van der Waals surface area contributed by atoms with Crippen LogP contribution in [0.25, 0.3) is 0 Å². The first-order valence-corrected chi connectivity index (χ1v) is 8.62. The lowest BCUT2D eigenvalue weighted by Crippen LogP contribution is -2.42. The fraction of sp³-hybridized carbons (Fsp3) is 0.556. The van der Waals surface area contributed by atoms with Crippen LogP contribution in [0.4, 0.5) is 0 Å². The van der Waals surface area contributed by atoms with E-state index in [0.717, 1.165) is 38.4 Å². The van der Waals surface area contributed by atoms with Crippen molar-refractivity contribution in [3.8, 4) is 0 Å². The fourth-order valence-corrected chi connectivity index (χ4v) is 3.21. The number of hydrogen-bond acceptors (Lipinski definition) is 4. The minimum Gasteiger partial charge on any atom is -0.379 e. The fourth-order valence-electron chi connectivity index (χ4n) is 3.21. The second kappa shape index (κ2) is 8.26. The number of likely N-dealkylation sites (tertiary alicyclic amines) is 1. The van der Waals surface area contributed by atoms with Gasteiger partial charge in [-0.15, -0.1) is 0 Å². The molecule has 0 radical (unpaired) electrons. The number of rotatable bonds is 6. The summed E-state index contributed by atoms with van der Waals surface area (Å²) >= 11 is 0. The summed E-state index contributed by atoms with van der Waals surface area (Å²) in [6.07, 6.45) is 0.316. The van der Waals surface area contributed by atoms with Gasteiger partial charge in [0, 0.05) is 45.7 Å². The average molecular weight is 331 g/mol. The van der Waals surface area contributed by atoms with E-state index < -0.39 is 0 Å². The SMILES string of the molecule is O=C(NCCN1CCOCC1)[C@@H]1CC(=O)N(Cc2ccccc2)C1. The zero-order valence-electron chi connectivity index (χ0n) is 13.9. The van der Waals surface area contributed by atoms with Gasteiger partial charge in [0.25, 0.3) is 0 Å². The van der Waals surface area contributed by atoms with Crippen LogP contribution < -0.4 is 5.32 Å². The molecule has 1 aromatic carbocycles. The van der Waals surface area contributed by atoms with Crippen LogP contribution in [0, 0.1) is 5.92 Å². The summed E-state index contributed by atoms with van der Waals surface area (Å²) in [5.41, 5.74) is 1.10. The minimum atomic E-state index is -0.231. The second-order valence-electron chi connectivity index (χ2n) is 6.41. The summed E-state index contributed by atoms with van der Waals surface area (Å²) in [7, 11) is 0. The Morgan fingerprint density at radius 3 is 2.71 bits per heavy atom. The van der Waals surface area contributed by atoms with Crippen molar-refractivity contribution in [1.29, 1.82) is 0 Å². The van der Waals surface area contributed by atoms with E-state index in [-0.39, 0.29) is 17.7 Å². The third kappa shape index (κ3) is 4.55. The van der Waals surface area contributed by atoms with Crippen LogP contribution in [-0.4, -0.2) is 67.6 Å². The molecule has 1 N–H and O–H groups in total. The third-order valence-corrected chi connectivity index (χ3v) is 4.63. The number of amides is 2. The van der Waals surface area contributed by atoms with Crippen LogP contribution in [-0.2, 0) is 20.9 Å². The third-order valence-electron chi connectivity index (χ3n) is 4.63. The molecule has 0 unspecified atom stereocenters. The normalized spacial score (nSPS) is 21.9. The quantitative estimate of drug-likeness (QED) is 0.824. The van der Waals surface area contributed by atoms with Crippen LogP contribution in [0.15, 0.2) is 30.3 Å². The Kier molecular flexibility index (Phi) is 5.82. The van der Waals surface area contributed by atoms with Gasteiger partial charge in [-0.2, -0.15) is 0 Å². The van der Waals surface area contributed by atoms with Gasteiger partial charge in [-0.25, -0.2) is 0 Å². The molecule has 0 saturated carbocycles. The molecule has 2 heterocycles. The maximum absolute atomic E-state index is 12.3. The van der Waals surface area contributed by atoms with Crippen molar-refractivity contribution in [2.45, 2.75) is 13.0 Å². The maximum atomic E-state index is 12.3. The van der Waals surface area contributed by atoms with E-state index >= 15 is 0 Å². The van der Waals surface area contributed by atoms with Gasteiger partial charge in [-0.05, 0) is 5.56 Å². The predicted molar refractivity (Wildman–Crippen MR) is 90.2 cm³/mol. The number of nitrogens with zero attached hydrogens (tertiary/aromatic N) is 2. The molecule has 6 heteroatoms. The Labute approximate surface area is 142 Å². The molecule has 2 fully saturated rings. The Hall–Kier alpha value is -1.92. The highest BCUT2D eigenvalue weighted by atomic mass is 16.5. The van der Waals surface area contributed by atoms with E-state index in [1.165, 1.54) is 0 Å². The number of carbonyl (C=O) groups is 2. The Morgan fingerprint density at radius 1 is 1.21 bits per heavy atom. The number of ether oxygens (including phenoxy) is 1. The molecule has 0 bridgehead atoms. The summed E-state index contributed by atoms with van der Waals surface area (Å²) in [6, 6.07) is 9.89. The van der Waals surface area contributed by atoms with E-state index in [1.807, 2.05) is 30.3 Å². The lowest BCUT2D eigenvalue weighted by Gasteiger charge is -2.26. The second-order valence-corrected chi connectivity index (χ2v) is 6.41. The molecular formula is C18H25N3O3. The number of morpholine rings is 1. The molecule has 2 amide bonds. The Balaban J connectivity index is 1.42. The monoisotopic (exact) mass is 331 g/mol.